The fourth-order valence-corrected chi connectivity index (χ4v) is 2.03. The van der Waals surface area contributed by atoms with Crippen molar-refractivity contribution in [3.05, 3.63) is 0 Å². The number of nitrogens with zero attached hydrogens (tertiary/aromatic N) is 1. The highest BCUT2D eigenvalue weighted by atomic mass is 15.3. The highest BCUT2D eigenvalue weighted by Crippen LogP contribution is 2.14. The topological polar surface area (TPSA) is 15.3 Å². The van der Waals surface area contributed by atoms with Crippen LogP contribution >= 0.6 is 0 Å². The molecule has 2 heteroatoms. The van der Waals surface area contributed by atoms with Crippen molar-refractivity contribution in [2.45, 2.75) is 40.3 Å². The number of hydrogen-bond donors (Lipinski definition) is 1. The fourth-order valence-electron chi connectivity index (χ4n) is 2.03. The zero-order chi connectivity index (χ0) is 9.84. The van der Waals surface area contributed by atoms with Crippen molar-refractivity contribution < 1.29 is 0 Å². The molecular formula is C11H24N2. The Kier molecular flexibility index (Phi) is 4.20. The van der Waals surface area contributed by atoms with Gasteiger partial charge in [-0.2, -0.15) is 0 Å². The molecule has 0 radical (unpaired) electrons. The first-order chi connectivity index (χ1) is 6.09. The van der Waals surface area contributed by atoms with Gasteiger partial charge in [0.05, 0.1) is 6.17 Å². The summed E-state index contributed by atoms with van der Waals surface area (Å²) in [4.78, 5) is 2.59. The van der Waals surface area contributed by atoms with Gasteiger partial charge in [0, 0.05) is 19.6 Å². The fraction of sp³-hybridized carbons (Fsp3) is 1.00. The number of hydrogen-bond acceptors (Lipinski definition) is 2. The van der Waals surface area contributed by atoms with Crippen LogP contribution in [0.3, 0.4) is 0 Å². The molecule has 13 heavy (non-hydrogen) atoms. The van der Waals surface area contributed by atoms with Crippen molar-refractivity contribution in [2.75, 3.05) is 19.6 Å². The largest absolute Gasteiger partial charge is 0.300 e. The minimum atomic E-state index is 0.641. The molecule has 0 saturated carbocycles. The van der Waals surface area contributed by atoms with Crippen molar-refractivity contribution in [1.29, 1.82) is 0 Å². The van der Waals surface area contributed by atoms with Gasteiger partial charge in [0.25, 0.3) is 0 Å². The molecule has 1 N–H and O–H groups in total. The van der Waals surface area contributed by atoms with E-state index in [0.29, 0.717) is 6.17 Å². The van der Waals surface area contributed by atoms with Crippen molar-refractivity contribution in [3.63, 3.8) is 0 Å². The van der Waals surface area contributed by atoms with Gasteiger partial charge in [-0.05, 0) is 18.3 Å². The Morgan fingerprint density at radius 1 is 1.23 bits per heavy atom. The summed E-state index contributed by atoms with van der Waals surface area (Å²) in [5.41, 5.74) is 0. The third kappa shape index (κ3) is 3.65. The Bertz CT molecular complexity index is 127. The Morgan fingerprint density at radius 3 is 2.46 bits per heavy atom. The Morgan fingerprint density at radius 2 is 1.92 bits per heavy atom. The molecule has 1 aliphatic heterocycles. The molecule has 1 aliphatic rings. The maximum Gasteiger partial charge on any atom is 0.0600 e. The molecular weight excluding hydrogens is 160 g/mol. The van der Waals surface area contributed by atoms with E-state index < -0.39 is 0 Å². The normalized spacial score (nSPS) is 24.9. The number of nitrogens with one attached hydrogen (secondary N) is 1. The second-order valence-electron chi connectivity index (χ2n) is 4.99. The van der Waals surface area contributed by atoms with Gasteiger partial charge in [-0.15, -0.1) is 0 Å². The van der Waals surface area contributed by atoms with Gasteiger partial charge in [0.15, 0.2) is 0 Å². The molecule has 1 fully saturated rings. The van der Waals surface area contributed by atoms with Crippen molar-refractivity contribution >= 4 is 0 Å². The summed E-state index contributed by atoms with van der Waals surface area (Å²) >= 11 is 0. The van der Waals surface area contributed by atoms with Crippen molar-refractivity contribution in [1.82, 2.24) is 10.2 Å². The van der Waals surface area contributed by atoms with Crippen LogP contribution in [0, 0.1) is 11.8 Å². The first-order valence-electron chi connectivity index (χ1n) is 5.57. The van der Waals surface area contributed by atoms with Gasteiger partial charge in [0.1, 0.15) is 0 Å². The highest BCUT2D eigenvalue weighted by Gasteiger charge is 2.24. The molecule has 0 aromatic heterocycles. The predicted octanol–water partition coefficient (Wildman–Crippen LogP) is 1.92. The summed E-state index contributed by atoms with van der Waals surface area (Å²) in [7, 11) is 0. The lowest BCUT2D eigenvalue weighted by Gasteiger charge is -2.26. The maximum absolute atomic E-state index is 3.57. The lowest BCUT2D eigenvalue weighted by molar-refractivity contribution is 0.192. The van der Waals surface area contributed by atoms with E-state index in [1.807, 2.05) is 0 Å². The molecule has 0 aromatic carbocycles. The van der Waals surface area contributed by atoms with Crippen LogP contribution < -0.4 is 5.32 Å². The highest BCUT2D eigenvalue weighted by molar-refractivity contribution is 4.79. The molecule has 1 unspecified atom stereocenters. The van der Waals surface area contributed by atoms with E-state index >= 15 is 0 Å². The predicted molar refractivity (Wildman–Crippen MR) is 57.7 cm³/mol. The third-order valence-corrected chi connectivity index (χ3v) is 2.51. The smallest absolute Gasteiger partial charge is 0.0600 e. The zero-order valence-electron chi connectivity index (χ0n) is 9.51. The first-order valence-corrected chi connectivity index (χ1v) is 5.57. The van der Waals surface area contributed by atoms with Crippen molar-refractivity contribution in [2.24, 2.45) is 11.8 Å². The lowest BCUT2D eigenvalue weighted by Crippen LogP contribution is -2.38. The van der Waals surface area contributed by atoms with E-state index in [9.17, 15) is 0 Å². The van der Waals surface area contributed by atoms with E-state index in [4.69, 9.17) is 0 Å². The van der Waals surface area contributed by atoms with Crippen LogP contribution in [0.25, 0.3) is 0 Å². The molecule has 2 nitrogen and oxygen atoms in total. The molecule has 0 aliphatic carbocycles. The summed E-state index contributed by atoms with van der Waals surface area (Å²) < 4.78 is 0. The summed E-state index contributed by atoms with van der Waals surface area (Å²) in [6.45, 7) is 12.8. The quantitative estimate of drug-likeness (QED) is 0.718. The summed E-state index contributed by atoms with van der Waals surface area (Å²) in [6, 6.07) is 0. The molecule has 1 rings (SSSR count). The van der Waals surface area contributed by atoms with E-state index in [2.05, 4.69) is 37.9 Å². The van der Waals surface area contributed by atoms with Crippen molar-refractivity contribution in [3.8, 4) is 0 Å². The maximum atomic E-state index is 3.57. The average molecular weight is 184 g/mol. The molecule has 1 atom stereocenters. The van der Waals surface area contributed by atoms with Crippen LogP contribution in [0.1, 0.15) is 34.1 Å². The summed E-state index contributed by atoms with van der Waals surface area (Å²) in [6.07, 6.45) is 1.93. The zero-order valence-corrected chi connectivity index (χ0v) is 9.51. The Hall–Kier alpha value is -0.0800. The van der Waals surface area contributed by atoms with Crippen LogP contribution in [0.15, 0.2) is 0 Å². The molecule has 0 spiro atoms. The van der Waals surface area contributed by atoms with Gasteiger partial charge in [-0.1, -0.05) is 27.7 Å². The second-order valence-corrected chi connectivity index (χ2v) is 4.99. The Balaban J connectivity index is 2.35. The van der Waals surface area contributed by atoms with Crippen LogP contribution in [0.5, 0.6) is 0 Å². The minimum absolute atomic E-state index is 0.641. The summed E-state index contributed by atoms with van der Waals surface area (Å²) in [5, 5.41) is 3.57. The first kappa shape index (κ1) is 11.0. The summed E-state index contributed by atoms with van der Waals surface area (Å²) in [5.74, 6) is 1.58. The monoisotopic (exact) mass is 184 g/mol. The van der Waals surface area contributed by atoms with Gasteiger partial charge < -0.3 is 5.32 Å². The molecule has 0 aromatic rings. The van der Waals surface area contributed by atoms with E-state index in [-0.39, 0.29) is 0 Å². The number of rotatable bonds is 4. The van der Waals surface area contributed by atoms with Gasteiger partial charge in [0.2, 0.25) is 0 Å². The SMILES string of the molecule is CC(C)CC1NCCN1CC(C)C. The average Bonchev–Trinajstić information content (AvgIpc) is 2.34. The molecule has 1 saturated heterocycles. The van der Waals surface area contributed by atoms with E-state index in [1.54, 1.807) is 0 Å². The molecule has 78 valence electrons. The molecule has 1 heterocycles. The Labute approximate surface area is 82.7 Å². The minimum Gasteiger partial charge on any atom is -0.300 e. The standard InChI is InChI=1S/C11H24N2/c1-9(2)7-11-12-5-6-13(11)8-10(3)4/h9-12H,5-8H2,1-4H3. The lowest BCUT2D eigenvalue weighted by atomic mass is 10.1. The van der Waals surface area contributed by atoms with Crippen LogP contribution in [0.4, 0.5) is 0 Å². The van der Waals surface area contributed by atoms with Crippen LogP contribution in [0.2, 0.25) is 0 Å². The van der Waals surface area contributed by atoms with Crippen LogP contribution in [-0.4, -0.2) is 30.7 Å². The van der Waals surface area contributed by atoms with Gasteiger partial charge in [-0.25, -0.2) is 0 Å². The van der Waals surface area contributed by atoms with Gasteiger partial charge in [-0.3, -0.25) is 4.90 Å². The third-order valence-electron chi connectivity index (χ3n) is 2.51. The second kappa shape index (κ2) is 4.97. The van der Waals surface area contributed by atoms with Crippen LogP contribution in [-0.2, 0) is 0 Å². The molecule has 0 amide bonds. The van der Waals surface area contributed by atoms with Gasteiger partial charge >= 0.3 is 0 Å². The molecule has 0 bridgehead atoms. The van der Waals surface area contributed by atoms with E-state index in [0.717, 1.165) is 11.8 Å². The van der Waals surface area contributed by atoms with E-state index in [1.165, 1.54) is 26.1 Å².